The number of aromatic nitrogens is 6. The SMILES string of the molecule is C=C(Nc1cncc(-c2cc3c(-c4cc5cnccc5[nH]4)n[nH]c3cn2)c1)C1CCCCC1. The van der Waals surface area contributed by atoms with Crippen LogP contribution in [-0.2, 0) is 0 Å². The Morgan fingerprint density at radius 3 is 2.76 bits per heavy atom. The lowest BCUT2D eigenvalue weighted by atomic mass is 9.87. The van der Waals surface area contributed by atoms with Crippen LogP contribution in [-0.4, -0.2) is 30.1 Å². The van der Waals surface area contributed by atoms with Gasteiger partial charge in [0.05, 0.1) is 35.0 Å². The summed E-state index contributed by atoms with van der Waals surface area (Å²) in [5, 5.41) is 13.2. The second-order valence-electron chi connectivity index (χ2n) is 8.78. The Kier molecular flexibility index (Phi) is 4.87. The molecule has 0 atom stereocenters. The maximum Gasteiger partial charge on any atom is 0.116 e. The molecule has 1 aliphatic carbocycles. The monoisotopic (exact) mass is 435 g/mol. The number of hydrogen-bond donors (Lipinski definition) is 3. The van der Waals surface area contributed by atoms with Crippen LogP contribution in [0.1, 0.15) is 32.1 Å². The van der Waals surface area contributed by atoms with Gasteiger partial charge in [0.2, 0.25) is 0 Å². The van der Waals surface area contributed by atoms with Crippen molar-refractivity contribution in [3.05, 3.63) is 67.5 Å². The largest absolute Gasteiger partial charge is 0.358 e. The first kappa shape index (κ1) is 19.7. The summed E-state index contributed by atoms with van der Waals surface area (Å²) in [6.07, 6.45) is 15.5. The highest BCUT2D eigenvalue weighted by Gasteiger charge is 2.17. The van der Waals surface area contributed by atoms with Gasteiger partial charge in [-0.15, -0.1) is 0 Å². The molecule has 6 rings (SSSR count). The Morgan fingerprint density at radius 2 is 1.88 bits per heavy atom. The number of pyridine rings is 3. The van der Waals surface area contributed by atoms with Crippen LogP contribution in [0.4, 0.5) is 5.69 Å². The smallest absolute Gasteiger partial charge is 0.116 e. The molecule has 7 heteroatoms. The number of fused-ring (bicyclic) bond motifs is 2. The summed E-state index contributed by atoms with van der Waals surface area (Å²) in [5.41, 5.74) is 7.55. The summed E-state index contributed by atoms with van der Waals surface area (Å²) in [6, 6.07) is 8.19. The zero-order chi connectivity index (χ0) is 22.2. The normalized spacial score (nSPS) is 14.7. The molecule has 164 valence electrons. The van der Waals surface area contributed by atoms with E-state index in [1.54, 1.807) is 6.20 Å². The van der Waals surface area contributed by atoms with E-state index in [1.165, 1.54) is 32.1 Å². The molecule has 33 heavy (non-hydrogen) atoms. The second-order valence-corrected chi connectivity index (χ2v) is 8.78. The van der Waals surface area contributed by atoms with E-state index < -0.39 is 0 Å². The average Bonchev–Trinajstić information content (AvgIpc) is 3.48. The van der Waals surface area contributed by atoms with Crippen molar-refractivity contribution in [3.63, 3.8) is 0 Å². The van der Waals surface area contributed by atoms with Crippen molar-refractivity contribution in [2.45, 2.75) is 32.1 Å². The van der Waals surface area contributed by atoms with Crippen LogP contribution >= 0.6 is 0 Å². The van der Waals surface area contributed by atoms with Gasteiger partial charge in [-0.2, -0.15) is 5.10 Å². The second kappa shape index (κ2) is 8.16. The molecule has 0 unspecified atom stereocenters. The molecule has 5 heterocycles. The highest BCUT2D eigenvalue weighted by molar-refractivity contribution is 5.96. The molecule has 0 aliphatic heterocycles. The van der Waals surface area contributed by atoms with E-state index >= 15 is 0 Å². The van der Waals surface area contributed by atoms with E-state index in [0.717, 1.165) is 55.8 Å². The van der Waals surface area contributed by atoms with Crippen LogP contribution in [0.5, 0.6) is 0 Å². The van der Waals surface area contributed by atoms with Gasteiger partial charge in [-0.05, 0) is 43.0 Å². The van der Waals surface area contributed by atoms with E-state index in [0.29, 0.717) is 5.92 Å². The molecule has 0 spiro atoms. The average molecular weight is 436 g/mol. The number of allylic oxidation sites excluding steroid dienone is 1. The van der Waals surface area contributed by atoms with E-state index in [4.69, 9.17) is 0 Å². The minimum Gasteiger partial charge on any atom is -0.358 e. The lowest BCUT2D eigenvalue weighted by molar-refractivity contribution is 0.405. The Labute approximate surface area is 191 Å². The van der Waals surface area contributed by atoms with Gasteiger partial charge in [0, 0.05) is 46.1 Å². The maximum absolute atomic E-state index is 4.66. The number of aromatic amines is 2. The van der Waals surface area contributed by atoms with Crippen molar-refractivity contribution < 1.29 is 0 Å². The number of rotatable bonds is 5. The molecule has 0 saturated heterocycles. The predicted octanol–water partition coefficient (Wildman–Crippen LogP) is 6.07. The zero-order valence-electron chi connectivity index (χ0n) is 18.3. The van der Waals surface area contributed by atoms with Crippen molar-refractivity contribution >= 4 is 27.5 Å². The quantitative estimate of drug-likeness (QED) is 0.311. The third kappa shape index (κ3) is 3.75. The summed E-state index contributed by atoms with van der Waals surface area (Å²) in [4.78, 5) is 16.8. The lowest BCUT2D eigenvalue weighted by Crippen LogP contribution is -2.14. The fourth-order valence-corrected chi connectivity index (χ4v) is 4.77. The maximum atomic E-state index is 4.66. The van der Waals surface area contributed by atoms with Gasteiger partial charge >= 0.3 is 0 Å². The van der Waals surface area contributed by atoms with E-state index in [-0.39, 0.29) is 0 Å². The van der Waals surface area contributed by atoms with Crippen LogP contribution < -0.4 is 5.32 Å². The number of hydrogen-bond acceptors (Lipinski definition) is 5. The van der Waals surface area contributed by atoms with Gasteiger partial charge in [0.25, 0.3) is 0 Å². The molecular weight excluding hydrogens is 410 g/mol. The summed E-state index contributed by atoms with van der Waals surface area (Å²) in [7, 11) is 0. The van der Waals surface area contributed by atoms with Crippen LogP contribution in [0, 0.1) is 5.92 Å². The molecule has 1 aliphatic rings. The summed E-state index contributed by atoms with van der Waals surface area (Å²) >= 11 is 0. The van der Waals surface area contributed by atoms with Crippen LogP contribution in [0.2, 0.25) is 0 Å². The van der Waals surface area contributed by atoms with Gasteiger partial charge in [-0.3, -0.25) is 20.1 Å². The molecule has 1 fully saturated rings. The summed E-state index contributed by atoms with van der Waals surface area (Å²) < 4.78 is 0. The zero-order valence-corrected chi connectivity index (χ0v) is 18.3. The van der Waals surface area contributed by atoms with Crippen molar-refractivity contribution in [2.75, 3.05) is 5.32 Å². The molecule has 0 radical (unpaired) electrons. The van der Waals surface area contributed by atoms with Crippen LogP contribution in [0.3, 0.4) is 0 Å². The van der Waals surface area contributed by atoms with Gasteiger partial charge in [-0.25, -0.2) is 0 Å². The van der Waals surface area contributed by atoms with Gasteiger partial charge in [0.1, 0.15) is 5.69 Å². The molecular formula is C26H25N7. The molecule has 5 aromatic rings. The molecule has 0 amide bonds. The van der Waals surface area contributed by atoms with Gasteiger partial charge < -0.3 is 10.3 Å². The Morgan fingerprint density at radius 1 is 0.970 bits per heavy atom. The topological polar surface area (TPSA) is 95.2 Å². The number of nitrogens with zero attached hydrogens (tertiary/aromatic N) is 4. The van der Waals surface area contributed by atoms with Crippen molar-refractivity contribution in [3.8, 4) is 22.6 Å². The molecule has 3 N–H and O–H groups in total. The molecule has 7 nitrogen and oxygen atoms in total. The number of H-pyrrole nitrogens is 2. The van der Waals surface area contributed by atoms with Crippen molar-refractivity contribution in [2.24, 2.45) is 5.92 Å². The van der Waals surface area contributed by atoms with Gasteiger partial charge in [0.15, 0.2) is 0 Å². The highest BCUT2D eigenvalue weighted by atomic mass is 15.1. The Hall–Kier alpha value is -4.00. The molecule has 1 saturated carbocycles. The van der Waals surface area contributed by atoms with E-state index in [2.05, 4.69) is 60.2 Å². The molecule has 0 bridgehead atoms. The van der Waals surface area contributed by atoms with Crippen LogP contribution in [0.15, 0.2) is 67.5 Å². The first-order valence-corrected chi connectivity index (χ1v) is 11.4. The third-order valence-corrected chi connectivity index (χ3v) is 6.56. The molecule has 0 aromatic carbocycles. The third-order valence-electron chi connectivity index (χ3n) is 6.56. The number of anilines is 1. The first-order chi connectivity index (χ1) is 16.2. The Balaban J connectivity index is 1.32. The fourth-order valence-electron chi connectivity index (χ4n) is 4.77. The van der Waals surface area contributed by atoms with Gasteiger partial charge in [-0.1, -0.05) is 25.8 Å². The fraction of sp³-hybridized carbons (Fsp3) is 0.231. The first-order valence-electron chi connectivity index (χ1n) is 11.4. The van der Waals surface area contributed by atoms with Crippen LogP contribution in [0.25, 0.3) is 44.5 Å². The minimum absolute atomic E-state index is 0.539. The van der Waals surface area contributed by atoms with E-state index in [9.17, 15) is 0 Å². The van der Waals surface area contributed by atoms with Crippen molar-refractivity contribution in [1.82, 2.24) is 30.1 Å². The number of nitrogens with one attached hydrogen (secondary N) is 3. The molecule has 5 aromatic heterocycles. The Bertz CT molecular complexity index is 1420. The predicted molar refractivity (Wildman–Crippen MR) is 132 cm³/mol. The minimum atomic E-state index is 0.539. The van der Waals surface area contributed by atoms with E-state index in [1.807, 2.05) is 30.9 Å². The summed E-state index contributed by atoms with van der Waals surface area (Å²) in [5.74, 6) is 0.539. The standard InChI is InChI=1S/C26H25N7/c1-16(17-5-3-2-4-6-17)30-20-9-18(13-28-14-20)23-11-21-25(15-29-23)32-33-26(21)24-10-19-12-27-8-7-22(19)31-24/h7-15,17,30-31H,1-6H2,(H,32,33). The van der Waals surface area contributed by atoms with Crippen molar-refractivity contribution in [1.29, 1.82) is 0 Å². The highest BCUT2D eigenvalue weighted by Crippen LogP contribution is 2.32. The lowest BCUT2D eigenvalue weighted by Gasteiger charge is -2.24. The summed E-state index contributed by atoms with van der Waals surface area (Å²) in [6.45, 7) is 4.30.